The van der Waals surface area contributed by atoms with Crippen LogP contribution in [0.1, 0.15) is 25.8 Å². The molecule has 12 heteroatoms. The number of aliphatic imine (C=N–C) groups is 1. The van der Waals surface area contributed by atoms with Crippen LogP contribution in [0.4, 0.5) is 4.39 Å². The first kappa shape index (κ1) is 34.1. The van der Waals surface area contributed by atoms with Gasteiger partial charge in [0.2, 0.25) is 0 Å². The Labute approximate surface area is 238 Å². The number of carbonyl (C=O) groups excluding carboxylic acids is 2. The number of aldehydes is 1. The third-order valence-electron chi connectivity index (χ3n) is 4.94. The van der Waals surface area contributed by atoms with E-state index in [1.807, 2.05) is 19.2 Å². The molecule has 2 aliphatic heterocycles. The van der Waals surface area contributed by atoms with E-state index in [0.717, 1.165) is 30.6 Å². The van der Waals surface area contributed by atoms with Crippen LogP contribution in [-0.4, -0.2) is 85.7 Å². The van der Waals surface area contributed by atoms with Gasteiger partial charge in [-0.1, -0.05) is 37.6 Å². The van der Waals surface area contributed by atoms with E-state index in [2.05, 4.69) is 20.2 Å². The quantitative estimate of drug-likeness (QED) is 0.287. The van der Waals surface area contributed by atoms with Crippen molar-refractivity contribution in [1.82, 2.24) is 15.2 Å². The van der Waals surface area contributed by atoms with Crippen LogP contribution in [-0.2, 0) is 19.1 Å². The van der Waals surface area contributed by atoms with Crippen LogP contribution in [0.25, 0.3) is 0 Å². The number of rotatable bonds is 7. The summed E-state index contributed by atoms with van der Waals surface area (Å²) in [5.41, 5.74) is 1.30. The molecule has 39 heavy (non-hydrogen) atoms. The molecule has 0 aliphatic carbocycles. The van der Waals surface area contributed by atoms with Crippen molar-refractivity contribution in [3.05, 3.63) is 75.1 Å². The molecule has 0 bridgehead atoms. The highest BCUT2D eigenvalue weighted by atomic mass is 35.5. The van der Waals surface area contributed by atoms with E-state index in [1.165, 1.54) is 29.5 Å². The predicted octanol–water partition coefficient (Wildman–Crippen LogP) is 3.88. The summed E-state index contributed by atoms with van der Waals surface area (Å²) in [6.07, 6.45) is 5.51. The van der Waals surface area contributed by atoms with Gasteiger partial charge in [0.25, 0.3) is 0 Å². The normalized spacial score (nSPS) is 16.8. The maximum atomic E-state index is 12.4. The number of allylic oxidation sites excluding steroid dienone is 1. The molecule has 1 aromatic heterocycles. The third-order valence-corrected chi connectivity index (χ3v) is 5.95. The molecule has 1 atom stereocenters. The van der Waals surface area contributed by atoms with Crippen LogP contribution in [0, 0.1) is 5.82 Å². The lowest BCUT2D eigenvalue weighted by Gasteiger charge is -2.33. The van der Waals surface area contributed by atoms with E-state index in [9.17, 15) is 14.0 Å². The molecule has 0 amide bonds. The Bertz CT molecular complexity index is 1080. The van der Waals surface area contributed by atoms with Crippen molar-refractivity contribution in [2.45, 2.75) is 26.9 Å². The standard InChI is InChI=1S/C18H22N4O4S.C6H4ClF.C2H6.CH4O/c1-2-25-18(24)14-10-20-16(17-19-5-9-27-17)21-15(14)12-22-6-8-26-13(11-22)4-3-7-23;7-5-2-1-3-6(8)4-5;2*1-2/h3-5,7,9,13H,2,6,8,10-12H2,1H3,(H,20,21);1-4H;1-2H3;2H,1H3/b4-3+;;;/t13-;;;/m1.../s1. The summed E-state index contributed by atoms with van der Waals surface area (Å²) in [4.78, 5) is 33.8. The number of amidine groups is 1. The number of nitrogens with one attached hydrogen (secondary N) is 1. The van der Waals surface area contributed by atoms with Crippen LogP contribution < -0.4 is 5.32 Å². The summed E-state index contributed by atoms with van der Waals surface area (Å²) in [7, 11) is 1.00. The average molecular weight is 583 g/mol. The molecular formula is C27H36ClFN4O5S. The number of halogens is 2. The van der Waals surface area contributed by atoms with Gasteiger partial charge in [-0.05, 0) is 31.2 Å². The molecule has 2 aliphatic rings. The van der Waals surface area contributed by atoms with Gasteiger partial charge >= 0.3 is 5.97 Å². The van der Waals surface area contributed by atoms with Crippen LogP contribution in [0.5, 0.6) is 0 Å². The Morgan fingerprint density at radius 3 is 2.74 bits per heavy atom. The fraction of sp³-hybridized carbons (Fsp3) is 0.407. The number of thiazole rings is 1. The Hall–Kier alpha value is -2.96. The van der Waals surface area contributed by atoms with Gasteiger partial charge in [-0.2, -0.15) is 0 Å². The number of morpholine rings is 1. The number of esters is 1. The van der Waals surface area contributed by atoms with E-state index in [4.69, 9.17) is 26.2 Å². The summed E-state index contributed by atoms with van der Waals surface area (Å²) in [6.45, 7) is 8.82. The smallest absolute Gasteiger partial charge is 0.337 e. The van der Waals surface area contributed by atoms with Crippen LogP contribution in [0.15, 0.2) is 64.3 Å². The number of aliphatic hydroxyl groups is 1. The van der Waals surface area contributed by atoms with E-state index in [-0.39, 0.29) is 24.4 Å². The molecule has 1 saturated heterocycles. The predicted molar refractivity (Wildman–Crippen MR) is 153 cm³/mol. The van der Waals surface area contributed by atoms with Gasteiger partial charge in [-0.3, -0.25) is 14.7 Å². The van der Waals surface area contributed by atoms with Crippen LogP contribution in [0.3, 0.4) is 0 Å². The van der Waals surface area contributed by atoms with Gasteiger partial charge in [0.1, 0.15) is 12.1 Å². The lowest BCUT2D eigenvalue weighted by Crippen LogP contribution is -2.45. The van der Waals surface area contributed by atoms with E-state index >= 15 is 0 Å². The third kappa shape index (κ3) is 12.2. The summed E-state index contributed by atoms with van der Waals surface area (Å²) < 4.78 is 22.9. The molecule has 2 aromatic rings. The van der Waals surface area contributed by atoms with Crippen molar-refractivity contribution >= 4 is 41.0 Å². The number of benzene rings is 1. The minimum atomic E-state index is -0.354. The van der Waals surface area contributed by atoms with Crippen LogP contribution in [0.2, 0.25) is 5.02 Å². The van der Waals surface area contributed by atoms with Crippen molar-refractivity contribution in [3.8, 4) is 0 Å². The molecule has 2 N–H and O–H groups in total. The van der Waals surface area contributed by atoms with Gasteiger partial charge in [0, 0.05) is 49.0 Å². The Morgan fingerprint density at radius 1 is 1.38 bits per heavy atom. The number of hydrogen-bond donors (Lipinski definition) is 2. The second kappa shape index (κ2) is 20.0. The molecule has 0 saturated carbocycles. The monoisotopic (exact) mass is 582 g/mol. The zero-order valence-electron chi connectivity index (χ0n) is 22.6. The summed E-state index contributed by atoms with van der Waals surface area (Å²) in [5.74, 6) is 0.0174. The number of aliphatic hydroxyl groups excluding tert-OH is 1. The maximum absolute atomic E-state index is 12.4. The van der Waals surface area contributed by atoms with Crippen molar-refractivity contribution in [1.29, 1.82) is 0 Å². The molecule has 3 heterocycles. The maximum Gasteiger partial charge on any atom is 0.337 e. The fourth-order valence-electron chi connectivity index (χ4n) is 3.36. The lowest BCUT2D eigenvalue weighted by atomic mass is 10.1. The van der Waals surface area contributed by atoms with Gasteiger partial charge in [0.15, 0.2) is 10.8 Å². The van der Waals surface area contributed by atoms with Crippen molar-refractivity contribution in [2.24, 2.45) is 4.99 Å². The SMILES string of the molecule is CC.CCOC(=O)C1=C(CN2CCO[C@H](/C=C/C=O)C2)NC(c2nccs2)=NC1.CO.Fc1cccc(Cl)c1. The Kier molecular flexibility index (Phi) is 17.5. The minimum absolute atomic E-state index is 0.147. The molecule has 0 spiro atoms. The van der Waals surface area contributed by atoms with E-state index in [1.54, 1.807) is 31.3 Å². The fourth-order valence-corrected chi connectivity index (χ4v) is 4.13. The molecule has 214 valence electrons. The number of aromatic nitrogens is 1. The highest BCUT2D eigenvalue weighted by Gasteiger charge is 2.26. The van der Waals surface area contributed by atoms with E-state index in [0.29, 0.717) is 42.7 Å². The number of carbonyl (C=O) groups is 2. The summed E-state index contributed by atoms with van der Waals surface area (Å²) in [6, 6.07) is 5.82. The molecule has 1 fully saturated rings. The molecule has 1 aromatic carbocycles. The largest absolute Gasteiger partial charge is 0.463 e. The highest BCUT2D eigenvalue weighted by Crippen LogP contribution is 2.17. The number of nitrogens with zero attached hydrogens (tertiary/aromatic N) is 3. The highest BCUT2D eigenvalue weighted by molar-refractivity contribution is 7.11. The molecule has 9 nitrogen and oxygen atoms in total. The summed E-state index contributed by atoms with van der Waals surface area (Å²) >= 11 is 6.89. The van der Waals surface area contributed by atoms with Crippen molar-refractivity contribution in [2.75, 3.05) is 46.5 Å². The minimum Gasteiger partial charge on any atom is -0.463 e. The molecule has 4 rings (SSSR count). The first-order chi connectivity index (χ1) is 19.0. The van der Waals surface area contributed by atoms with Gasteiger partial charge in [0.05, 0.1) is 31.4 Å². The molecule has 0 unspecified atom stereocenters. The number of ether oxygens (including phenoxy) is 2. The second-order valence-corrected chi connectivity index (χ2v) is 8.74. The van der Waals surface area contributed by atoms with E-state index < -0.39 is 0 Å². The molecular weight excluding hydrogens is 547 g/mol. The second-order valence-electron chi connectivity index (χ2n) is 7.41. The first-order valence-corrected chi connectivity index (χ1v) is 13.7. The average Bonchev–Trinajstić information content (AvgIpc) is 3.50. The zero-order chi connectivity index (χ0) is 29.0. The van der Waals surface area contributed by atoms with Gasteiger partial charge in [-0.25, -0.2) is 14.2 Å². The van der Waals surface area contributed by atoms with Crippen molar-refractivity contribution < 1.29 is 28.6 Å². The van der Waals surface area contributed by atoms with Gasteiger partial charge < -0.3 is 19.9 Å². The first-order valence-electron chi connectivity index (χ1n) is 12.4. The van der Waals surface area contributed by atoms with Crippen molar-refractivity contribution in [3.63, 3.8) is 0 Å². The van der Waals surface area contributed by atoms with Crippen LogP contribution >= 0.6 is 22.9 Å². The zero-order valence-corrected chi connectivity index (χ0v) is 24.2. The Morgan fingerprint density at radius 2 is 2.15 bits per heavy atom. The number of hydrogen-bond acceptors (Lipinski definition) is 10. The Balaban J connectivity index is 0.000000532. The summed E-state index contributed by atoms with van der Waals surface area (Å²) in [5, 5.41) is 13.4. The molecule has 0 radical (unpaired) electrons. The topological polar surface area (TPSA) is 113 Å². The van der Waals surface area contributed by atoms with Gasteiger partial charge in [-0.15, -0.1) is 11.3 Å². The lowest BCUT2D eigenvalue weighted by molar-refractivity contribution is -0.138.